The van der Waals surface area contributed by atoms with E-state index in [0.717, 1.165) is 17.3 Å². The Balaban J connectivity index is 2.23. The second-order valence-corrected chi connectivity index (χ2v) is 4.42. The lowest BCUT2D eigenvalue weighted by Crippen LogP contribution is -2.19. The smallest absolute Gasteiger partial charge is 0.131 e. The molecule has 2 rings (SSSR count). The molecule has 2 nitrogen and oxygen atoms in total. The highest BCUT2D eigenvalue weighted by Gasteiger charge is 2.10. The molecule has 2 aromatic carbocycles. The van der Waals surface area contributed by atoms with E-state index in [9.17, 15) is 8.78 Å². The molecule has 0 amide bonds. The van der Waals surface area contributed by atoms with Gasteiger partial charge in [0.1, 0.15) is 11.6 Å². The zero-order valence-corrected chi connectivity index (χ0v) is 10.7. The number of nitrogens with zero attached hydrogens (tertiary/aromatic N) is 1. The molecule has 0 radical (unpaired) electrons. The van der Waals surface area contributed by atoms with Crippen LogP contribution in [-0.4, -0.2) is 7.05 Å². The summed E-state index contributed by atoms with van der Waals surface area (Å²) in [7, 11) is 1.86. The van der Waals surface area contributed by atoms with Gasteiger partial charge in [-0.3, -0.25) is 0 Å². The van der Waals surface area contributed by atoms with Gasteiger partial charge in [0.25, 0.3) is 0 Å². The van der Waals surface area contributed by atoms with Gasteiger partial charge in [0.2, 0.25) is 0 Å². The first kappa shape index (κ1) is 13.5. The van der Waals surface area contributed by atoms with E-state index in [4.69, 9.17) is 5.73 Å². The number of para-hydroxylation sites is 1. The van der Waals surface area contributed by atoms with Crippen LogP contribution in [0.4, 0.5) is 14.5 Å². The van der Waals surface area contributed by atoms with Crippen LogP contribution >= 0.6 is 0 Å². The lowest BCUT2D eigenvalue weighted by Gasteiger charge is -2.22. The first-order valence-corrected chi connectivity index (χ1v) is 6.05. The molecule has 4 heteroatoms. The number of hydrogen-bond donors (Lipinski definition) is 1. The van der Waals surface area contributed by atoms with Crippen molar-refractivity contribution in [2.24, 2.45) is 5.73 Å². The van der Waals surface area contributed by atoms with Crippen LogP contribution in [0.5, 0.6) is 0 Å². The molecule has 0 aromatic heterocycles. The minimum Gasteiger partial charge on any atom is -0.370 e. The topological polar surface area (TPSA) is 29.3 Å². The summed E-state index contributed by atoms with van der Waals surface area (Å²) in [5, 5.41) is 0. The predicted molar refractivity (Wildman–Crippen MR) is 72.8 cm³/mol. The molecule has 100 valence electrons. The summed E-state index contributed by atoms with van der Waals surface area (Å²) in [6.07, 6.45) is 0. The molecule has 0 spiro atoms. The predicted octanol–water partition coefficient (Wildman–Crippen LogP) is 3.06. The SMILES string of the molecule is CN(Cc1ccc(F)cc1F)c1ccccc1CN. The maximum Gasteiger partial charge on any atom is 0.131 e. The van der Waals surface area contributed by atoms with E-state index in [2.05, 4.69) is 0 Å². The van der Waals surface area contributed by atoms with E-state index in [1.807, 2.05) is 36.2 Å². The second-order valence-electron chi connectivity index (χ2n) is 4.42. The second kappa shape index (κ2) is 5.80. The summed E-state index contributed by atoms with van der Waals surface area (Å²) < 4.78 is 26.5. The fourth-order valence-corrected chi connectivity index (χ4v) is 2.05. The molecular weight excluding hydrogens is 246 g/mol. The van der Waals surface area contributed by atoms with Crippen LogP contribution in [0, 0.1) is 11.6 Å². The highest BCUT2D eigenvalue weighted by molar-refractivity contribution is 5.53. The van der Waals surface area contributed by atoms with Crippen molar-refractivity contribution in [2.45, 2.75) is 13.1 Å². The molecule has 2 N–H and O–H groups in total. The van der Waals surface area contributed by atoms with Crippen LogP contribution in [-0.2, 0) is 13.1 Å². The number of halogens is 2. The largest absolute Gasteiger partial charge is 0.370 e. The maximum atomic E-state index is 13.6. The molecule has 0 heterocycles. The molecule has 0 saturated heterocycles. The van der Waals surface area contributed by atoms with Crippen molar-refractivity contribution in [3.05, 3.63) is 65.2 Å². The van der Waals surface area contributed by atoms with Gasteiger partial charge in [-0.15, -0.1) is 0 Å². The average molecular weight is 262 g/mol. The third-order valence-electron chi connectivity index (χ3n) is 3.05. The van der Waals surface area contributed by atoms with E-state index >= 15 is 0 Å². The fourth-order valence-electron chi connectivity index (χ4n) is 2.05. The van der Waals surface area contributed by atoms with Gasteiger partial charge in [0, 0.05) is 37.5 Å². The first-order valence-electron chi connectivity index (χ1n) is 6.05. The molecule has 0 fully saturated rings. The minimum absolute atomic E-state index is 0.364. The van der Waals surface area contributed by atoms with Crippen LogP contribution in [0.3, 0.4) is 0 Å². The van der Waals surface area contributed by atoms with Crippen LogP contribution in [0.25, 0.3) is 0 Å². The normalized spacial score (nSPS) is 10.5. The lowest BCUT2D eigenvalue weighted by molar-refractivity contribution is 0.571. The Morgan fingerprint density at radius 2 is 1.79 bits per heavy atom. The van der Waals surface area contributed by atoms with Gasteiger partial charge < -0.3 is 10.6 Å². The maximum absolute atomic E-state index is 13.6. The summed E-state index contributed by atoms with van der Waals surface area (Å²) >= 11 is 0. The van der Waals surface area contributed by atoms with Crippen molar-refractivity contribution < 1.29 is 8.78 Å². The minimum atomic E-state index is -0.564. The summed E-state index contributed by atoms with van der Waals surface area (Å²) in [6, 6.07) is 11.3. The van der Waals surface area contributed by atoms with Crippen molar-refractivity contribution in [3.63, 3.8) is 0 Å². The molecule has 2 aromatic rings. The summed E-state index contributed by atoms with van der Waals surface area (Å²) in [5.74, 6) is -1.09. The molecule has 0 atom stereocenters. The van der Waals surface area contributed by atoms with Crippen molar-refractivity contribution in [3.8, 4) is 0 Å². The lowest BCUT2D eigenvalue weighted by atomic mass is 10.1. The highest BCUT2D eigenvalue weighted by Crippen LogP contribution is 2.21. The van der Waals surface area contributed by atoms with Crippen molar-refractivity contribution in [1.29, 1.82) is 0 Å². The van der Waals surface area contributed by atoms with E-state index < -0.39 is 11.6 Å². The Bertz CT molecular complexity index is 570. The monoisotopic (exact) mass is 262 g/mol. The van der Waals surface area contributed by atoms with Crippen LogP contribution in [0.2, 0.25) is 0 Å². The molecule has 0 aliphatic rings. The number of rotatable bonds is 4. The van der Waals surface area contributed by atoms with Gasteiger partial charge in [-0.1, -0.05) is 24.3 Å². The Kier molecular flexibility index (Phi) is 4.12. The van der Waals surface area contributed by atoms with E-state index in [1.54, 1.807) is 0 Å². The van der Waals surface area contributed by atoms with Gasteiger partial charge in [-0.05, 0) is 17.7 Å². The van der Waals surface area contributed by atoms with Crippen LogP contribution < -0.4 is 10.6 Å². The molecule has 0 aliphatic carbocycles. The van der Waals surface area contributed by atoms with Gasteiger partial charge in [-0.2, -0.15) is 0 Å². The Morgan fingerprint density at radius 1 is 1.05 bits per heavy atom. The standard InChI is InChI=1S/C15H16F2N2/c1-19(15-5-3-2-4-11(15)9-18)10-12-6-7-13(16)8-14(12)17/h2-8H,9-10,18H2,1H3. The number of hydrogen-bond acceptors (Lipinski definition) is 2. The summed E-state index contributed by atoms with van der Waals surface area (Å²) in [5.41, 5.74) is 8.08. The number of benzene rings is 2. The number of nitrogens with two attached hydrogens (primary N) is 1. The average Bonchev–Trinajstić information content (AvgIpc) is 2.41. The summed E-state index contributed by atoms with van der Waals surface area (Å²) in [4.78, 5) is 1.90. The molecule has 0 unspecified atom stereocenters. The first-order chi connectivity index (χ1) is 9.11. The van der Waals surface area contributed by atoms with Gasteiger partial charge in [0.15, 0.2) is 0 Å². The quantitative estimate of drug-likeness (QED) is 0.917. The Hall–Kier alpha value is -1.94. The van der Waals surface area contributed by atoms with E-state index in [-0.39, 0.29) is 0 Å². The van der Waals surface area contributed by atoms with Crippen molar-refractivity contribution >= 4 is 5.69 Å². The fraction of sp³-hybridized carbons (Fsp3) is 0.200. The highest BCUT2D eigenvalue weighted by atomic mass is 19.1. The van der Waals surface area contributed by atoms with Gasteiger partial charge in [-0.25, -0.2) is 8.78 Å². The van der Waals surface area contributed by atoms with Gasteiger partial charge in [0.05, 0.1) is 0 Å². The molecule has 0 bridgehead atoms. The third kappa shape index (κ3) is 3.09. The molecule has 0 aliphatic heterocycles. The molecular formula is C15H16F2N2. The molecule has 0 saturated carbocycles. The third-order valence-corrected chi connectivity index (χ3v) is 3.05. The zero-order valence-electron chi connectivity index (χ0n) is 10.7. The van der Waals surface area contributed by atoms with Crippen molar-refractivity contribution in [1.82, 2.24) is 0 Å². The van der Waals surface area contributed by atoms with E-state index in [1.165, 1.54) is 12.1 Å². The van der Waals surface area contributed by atoms with Crippen LogP contribution in [0.1, 0.15) is 11.1 Å². The number of anilines is 1. The zero-order chi connectivity index (χ0) is 13.8. The van der Waals surface area contributed by atoms with Crippen LogP contribution in [0.15, 0.2) is 42.5 Å². The van der Waals surface area contributed by atoms with E-state index in [0.29, 0.717) is 18.7 Å². The molecule has 19 heavy (non-hydrogen) atoms. The van der Waals surface area contributed by atoms with Gasteiger partial charge >= 0.3 is 0 Å². The Morgan fingerprint density at radius 3 is 2.47 bits per heavy atom. The van der Waals surface area contributed by atoms with Crippen molar-refractivity contribution in [2.75, 3.05) is 11.9 Å². The Labute approximate surface area is 111 Å². The summed E-state index contributed by atoms with van der Waals surface area (Å²) in [6.45, 7) is 0.787.